The number of ether oxygens (including phenoxy) is 1. The van der Waals surface area contributed by atoms with E-state index in [1.54, 1.807) is 26.1 Å². The number of nitrogens with zero attached hydrogens (tertiary/aromatic N) is 3. The van der Waals surface area contributed by atoms with Gasteiger partial charge in [0.05, 0.1) is 23.9 Å². The van der Waals surface area contributed by atoms with Crippen LogP contribution in [-0.4, -0.2) is 41.8 Å². The maximum atomic E-state index is 14.2. The van der Waals surface area contributed by atoms with Gasteiger partial charge in [0.25, 0.3) is 0 Å². The number of nitrogen functional groups attached to an aromatic ring is 1. The molecule has 1 aliphatic carbocycles. The monoisotopic (exact) mass is 423 g/mol. The first-order valence-electron chi connectivity index (χ1n) is 9.79. The fourth-order valence-corrected chi connectivity index (χ4v) is 3.83. The smallest absolute Gasteiger partial charge is 0.166 e. The minimum absolute atomic E-state index is 0.120. The van der Waals surface area contributed by atoms with Gasteiger partial charge in [-0.25, -0.2) is 9.37 Å². The quantitative estimate of drug-likeness (QED) is 0.507. The molecule has 0 fully saturated rings. The molecule has 3 aliphatic rings. The van der Waals surface area contributed by atoms with Gasteiger partial charge < -0.3 is 20.7 Å². The van der Waals surface area contributed by atoms with Crippen molar-refractivity contribution in [3.63, 3.8) is 0 Å². The van der Waals surface area contributed by atoms with Crippen LogP contribution in [0.1, 0.15) is 25.3 Å². The summed E-state index contributed by atoms with van der Waals surface area (Å²) in [5, 5.41) is 22.7. The summed E-state index contributed by atoms with van der Waals surface area (Å²) in [4.78, 5) is 9.81. The van der Waals surface area contributed by atoms with Gasteiger partial charge in [0.15, 0.2) is 17.6 Å². The van der Waals surface area contributed by atoms with Crippen LogP contribution in [0.5, 0.6) is 5.75 Å². The molecule has 160 valence electrons. The molecular formula is C21H22FN7O2. The van der Waals surface area contributed by atoms with E-state index in [9.17, 15) is 9.65 Å². The average Bonchev–Trinajstić information content (AvgIpc) is 3.16. The van der Waals surface area contributed by atoms with Crippen molar-refractivity contribution in [2.45, 2.75) is 38.1 Å². The van der Waals surface area contributed by atoms with Gasteiger partial charge in [-0.1, -0.05) is 6.08 Å². The third kappa shape index (κ3) is 3.75. The number of hydroxylamine groups is 1. The predicted molar refractivity (Wildman–Crippen MR) is 114 cm³/mol. The number of hydrogen-bond donors (Lipinski definition) is 4. The number of aromatic nitrogens is 1. The van der Waals surface area contributed by atoms with Gasteiger partial charge in [-0.3, -0.25) is 5.41 Å². The normalized spacial score (nSPS) is 26.8. The molecule has 5 N–H and O–H groups in total. The third-order valence-electron chi connectivity index (χ3n) is 5.30. The fourth-order valence-electron chi connectivity index (χ4n) is 3.83. The molecule has 1 aromatic rings. The molecule has 2 aliphatic heterocycles. The van der Waals surface area contributed by atoms with Crippen LogP contribution in [0.3, 0.4) is 0 Å². The number of fused-ring (bicyclic) bond motifs is 4. The summed E-state index contributed by atoms with van der Waals surface area (Å²) in [5.74, 6) is 0.904. The highest BCUT2D eigenvalue weighted by Crippen LogP contribution is 2.36. The number of rotatable bonds is 1. The molecule has 1 aromatic heterocycles. The van der Waals surface area contributed by atoms with Crippen molar-refractivity contribution >= 4 is 22.8 Å². The van der Waals surface area contributed by atoms with Gasteiger partial charge in [0.2, 0.25) is 0 Å². The van der Waals surface area contributed by atoms with Gasteiger partial charge in [0, 0.05) is 41.9 Å². The van der Waals surface area contributed by atoms with Gasteiger partial charge in [-0.15, -0.1) is 5.48 Å². The molecular weight excluding hydrogens is 401 g/mol. The number of nitriles is 1. The number of allylic oxidation sites excluding steroid dienone is 3. The Balaban J connectivity index is 1.92. The van der Waals surface area contributed by atoms with Crippen LogP contribution in [0.4, 0.5) is 10.2 Å². The van der Waals surface area contributed by atoms with Crippen LogP contribution in [0.15, 0.2) is 46.4 Å². The van der Waals surface area contributed by atoms with Crippen LogP contribution < -0.4 is 21.4 Å². The van der Waals surface area contributed by atoms with Crippen LogP contribution >= 0.6 is 0 Å². The van der Waals surface area contributed by atoms with E-state index in [1.165, 1.54) is 12.3 Å². The zero-order valence-corrected chi connectivity index (χ0v) is 17.1. The number of anilines is 1. The Bertz CT molecular complexity index is 1100. The molecule has 0 spiro atoms. The van der Waals surface area contributed by atoms with Gasteiger partial charge >= 0.3 is 0 Å². The number of alkyl halides is 1. The number of nitrogens with one attached hydrogen (secondary N) is 3. The van der Waals surface area contributed by atoms with Crippen molar-refractivity contribution in [3.8, 4) is 11.8 Å². The van der Waals surface area contributed by atoms with E-state index >= 15 is 0 Å². The van der Waals surface area contributed by atoms with Crippen LogP contribution in [0.25, 0.3) is 5.57 Å². The van der Waals surface area contributed by atoms with Crippen molar-refractivity contribution in [2.75, 3.05) is 12.8 Å². The van der Waals surface area contributed by atoms with E-state index in [2.05, 4.69) is 27.1 Å². The van der Waals surface area contributed by atoms with Crippen molar-refractivity contribution in [3.05, 3.63) is 46.9 Å². The van der Waals surface area contributed by atoms with E-state index in [4.69, 9.17) is 20.7 Å². The van der Waals surface area contributed by atoms with Gasteiger partial charge in [-0.05, 0) is 19.1 Å². The lowest BCUT2D eigenvalue weighted by molar-refractivity contribution is 0.125. The Morgan fingerprint density at radius 3 is 3.03 bits per heavy atom. The second kappa shape index (κ2) is 8.20. The molecule has 4 rings (SSSR count). The Morgan fingerprint density at radius 2 is 2.29 bits per heavy atom. The molecule has 0 saturated carbocycles. The maximum absolute atomic E-state index is 14.2. The van der Waals surface area contributed by atoms with E-state index in [0.29, 0.717) is 39.5 Å². The Labute approximate surface area is 178 Å². The number of nitrogens with two attached hydrogens (primary N) is 1. The summed E-state index contributed by atoms with van der Waals surface area (Å²) in [6.07, 6.45) is 3.20. The molecule has 3 heterocycles. The van der Waals surface area contributed by atoms with Crippen LogP contribution in [-0.2, 0) is 4.84 Å². The number of pyridine rings is 1. The first-order valence-corrected chi connectivity index (χ1v) is 9.79. The third-order valence-corrected chi connectivity index (χ3v) is 5.30. The summed E-state index contributed by atoms with van der Waals surface area (Å²) in [6, 6.07) is 3.10. The summed E-state index contributed by atoms with van der Waals surface area (Å²) in [7, 11) is 1.63. The Morgan fingerprint density at radius 1 is 1.48 bits per heavy atom. The highest BCUT2D eigenvalue weighted by atomic mass is 19.1. The molecule has 2 bridgehead atoms. The maximum Gasteiger partial charge on any atom is 0.166 e. The minimum Gasteiger partial charge on any atom is -0.482 e. The highest BCUT2D eigenvalue weighted by Gasteiger charge is 2.33. The Kier molecular flexibility index (Phi) is 5.44. The Hall–Kier alpha value is -3.71. The minimum atomic E-state index is -1.18. The molecule has 0 amide bonds. The number of hydrazone groups is 1. The number of halogens is 1. The number of hydrogen-bond acceptors (Lipinski definition) is 9. The molecule has 0 aromatic carbocycles. The highest BCUT2D eigenvalue weighted by molar-refractivity contribution is 6.48. The lowest BCUT2D eigenvalue weighted by Crippen LogP contribution is -2.28. The van der Waals surface area contributed by atoms with Crippen LogP contribution in [0.2, 0.25) is 0 Å². The topological polar surface area (TPSA) is 141 Å². The van der Waals surface area contributed by atoms with E-state index in [1.807, 2.05) is 0 Å². The first-order chi connectivity index (χ1) is 14.9. The average molecular weight is 423 g/mol. The molecule has 2 unspecified atom stereocenters. The second-order valence-corrected chi connectivity index (χ2v) is 7.31. The van der Waals surface area contributed by atoms with Crippen molar-refractivity contribution in [1.82, 2.24) is 15.9 Å². The summed E-state index contributed by atoms with van der Waals surface area (Å²) in [5.41, 5.74) is 14.2. The molecule has 31 heavy (non-hydrogen) atoms. The van der Waals surface area contributed by atoms with E-state index < -0.39 is 18.3 Å². The van der Waals surface area contributed by atoms with Crippen LogP contribution in [0, 0.1) is 16.7 Å². The lowest BCUT2D eigenvalue weighted by atomic mass is 9.87. The SMILES string of the molecule is CN/N=C1/CC2=C(c3cnc(N)c(c3)O[C@H](C)C3=CC(F)CC=C3C1=N)C(C#N)NO2. The summed E-state index contributed by atoms with van der Waals surface area (Å²) < 4.78 is 20.3. The van der Waals surface area contributed by atoms with Crippen molar-refractivity contribution in [2.24, 2.45) is 5.10 Å². The molecule has 10 heteroatoms. The predicted octanol–water partition coefficient (Wildman–Crippen LogP) is 2.16. The van der Waals surface area contributed by atoms with Crippen molar-refractivity contribution in [1.29, 1.82) is 10.7 Å². The summed E-state index contributed by atoms with van der Waals surface area (Å²) >= 11 is 0. The van der Waals surface area contributed by atoms with E-state index in [0.717, 1.165) is 0 Å². The molecule has 3 atom stereocenters. The fraction of sp³-hybridized carbons (Fsp3) is 0.333. The zero-order chi connectivity index (χ0) is 22.1. The zero-order valence-electron chi connectivity index (χ0n) is 17.1. The first kappa shape index (κ1) is 20.6. The van der Waals surface area contributed by atoms with Crippen molar-refractivity contribution < 1.29 is 14.0 Å². The second-order valence-electron chi connectivity index (χ2n) is 7.31. The van der Waals surface area contributed by atoms with Gasteiger partial charge in [0.1, 0.15) is 18.0 Å². The molecule has 0 saturated heterocycles. The lowest BCUT2D eigenvalue weighted by Gasteiger charge is -2.26. The summed E-state index contributed by atoms with van der Waals surface area (Å²) in [6.45, 7) is 1.76. The molecule has 9 nitrogen and oxygen atoms in total. The van der Waals surface area contributed by atoms with Gasteiger partial charge in [-0.2, -0.15) is 10.4 Å². The van der Waals surface area contributed by atoms with E-state index in [-0.39, 0.29) is 24.4 Å². The standard InChI is InChI=1S/C21H22FN7O2/c1-10-14-6-12(22)3-4-13(14)20(24)15(28-26-2)7-17-19(16(8-23)29-31-17)11-5-18(30-10)21(25)27-9-11/h4-6,9-10,12,16,24,26,29H,3,7H2,1-2H3,(H2,25,27)/b24-20?,28-15-/t10-,12?,16?/m1/s1. The molecule has 0 radical (unpaired) electrons. The largest absolute Gasteiger partial charge is 0.482 e.